The predicted molar refractivity (Wildman–Crippen MR) is 116 cm³/mol. The molecule has 0 unspecified atom stereocenters. The fourth-order valence-electron chi connectivity index (χ4n) is 2.82. The molecular formula is C23H18F4N2O2S. The molecule has 0 aliphatic rings. The highest BCUT2D eigenvalue weighted by atomic mass is 32.2. The van der Waals surface area contributed by atoms with Crippen LogP contribution >= 0.6 is 11.8 Å². The number of halogens is 4. The Morgan fingerprint density at radius 1 is 0.938 bits per heavy atom. The van der Waals surface area contributed by atoms with Gasteiger partial charge in [0.15, 0.2) is 0 Å². The van der Waals surface area contributed by atoms with E-state index in [2.05, 4.69) is 10.6 Å². The van der Waals surface area contributed by atoms with Crippen LogP contribution in [0.3, 0.4) is 0 Å². The van der Waals surface area contributed by atoms with Crippen molar-refractivity contribution in [2.24, 2.45) is 0 Å². The van der Waals surface area contributed by atoms with Gasteiger partial charge >= 0.3 is 6.18 Å². The molecule has 4 nitrogen and oxygen atoms in total. The van der Waals surface area contributed by atoms with Crippen molar-refractivity contribution in [1.29, 1.82) is 0 Å². The van der Waals surface area contributed by atoms with Crippen LogP contribution in [0.25, 0.3) is 0 Å². The zero-order valence-corrected chi connectivity index (χ0v) is 17.6. The normalized spacial score (nSPS) is 11.2. The molecule has 2 N–H and O–H groups in total. The summed E-state index contributed by atoms with van der Waals surface area (Å²) in [5.74, 6) is -1.89. The minimum atomic E-state index is -4.76. The van der Waals surface area contributed by atoms with Crippen LogP contribution in [0.15, 0.2) is 71.6 Å². The summed E-state index contributed by atoms with van der Waals surface area (Å²) in [7, 11) is 0. The van der Waals surface area contributed by atoms with Crippen LogP contribution < -0.4 is 10.6 Å². The van der Waals surface area contributed by atoms with E-state index in [-0.39, 0.29) is 17.0 Å². The van der Waals surface area contributed by atoms with Gasteiger partial charge in [0.05, 0.1) is 17.0 Å². The van der Waals surface area contributed by atoms with Crippen LogP contribution in [0.2, 0.25) is 0 Å². The molecule has 0 aliphatic heterocycles. The second-order valence-corrected chi connectivity index (χ2v) is 7.84. The monoisotopic (exact) mass is 462 g/mol. The standard InChI is InChI=1S/C23H18F4N2O2S/c1-14-4-2-3-5-20(14)32-13-21(30)29-19-11-10-17(12-18(19)23(25,26)27)28-22(31)15-6-8-16(24)9-7-15/h2-12H,13H2,1H3,(H,28,31)(H,29,30). The van der Waals surface area contributed by atoms with Crippen LogP contribution in [0, 0.1) is 12.7 Å². The third-order valence-electron chi connectivity index (χ3n) is 4.42. The van der Waals surface area contributed by atoms with E-state index < -0.39 is 35.1 Å². The molecule has 3 rings (SSSR count). The second kappa shape index (κ2) is 9.86. The van der Waals surface area contributed by atoms with Crippen molar-refractivity contribution in [3.05, 3.63) is 89.2 Å². The van der Waals surface area contributed by atoms with Crippen molar-refractivity contribution in [3.8, 4) is 0 Å². The number of thioether (sulfide) groups is 1. The van der Waals surface area contributed by atoms with Gasteiger partial charge in [-0.25, -0.2) is 4.39 Å². The average molecular weight is 462 g/mol. The molecule has 9 heteroatoms. The van der Waals surface area contributed by atoms with Gasteiger partial charge in [0.25, 0.3) is 5.91 Å². The van der Waals surface area contributed by atoms with Crippen LogP contribution in [-0.4, -0.2) is 17.6 Å². The summed E-state index contributed by atoms with van der Waals surface area (Å²) >= 11 is 1.22. The Hall–Kier alpha value is -3.33. The Bertz CT molecular complexity index is 1130. The smallest absolute Gasteiger partial charge is 0.325 e. The van der Waals surface area contributed by atoms with Crippen molar-refractivity contribution >= 4 is 35.0 Å². The molecule has 0 bridgehead atoms. The fourth-order valence-corrected chi connectivity index (χ4v) is 3.65. The summed E-state index contributed by atoms with van der Waals surface area (Å²) in [5, 5.41) is 4.64. The molecule has 0 atom stereocenters. The van der Waals surface area contributed by atoms with E-state index in [0.717, 1.165) is 34.7 Å². The third-order valence-corrected chi connectivity index (χ3v) is 5.59. The lowest BCUT2D eigenvalue weighted by Crippen LogP contribution is -2.19. The van der Waals surface area contributed by atoms with E-state index in [1.54, 1.807) is 0 Å². The lowest BCUT2D eigenvalue weighted by molar-refractivity contribution is -0.136. The minimum Gasteiger partial charge on any atom is -0.325 e. The zero-order valence-electron chi connectivity index (χ0n) is 16.8. The number of alkyl halides is 3. The molecule has 0 heterocycles. The maximum Gasteiger partial charge on any atom is 0.418 e. The summed E-state index contributed by atoms with van der Waals surface area (Å²) in [5.41, 5.74) is -0.566. The van der Waals surface area contributed by atoms with Crippen molar-refractivity contribution in [1.82, 2.24) is 0 Å². The quantitative estimate of drug-likeness (QED) is 0.342. The first-order valence-electron chi connectivity index (χ1n) is 9.40. The second-order valence-electron chi connectivity index (χ2n) is 6.82. The molecule has 0 spiro atoms. The molecule has 3 aromatic carbocycles. The van der Waals surface area contributed by atoms with Gasteiger partial charge in [0.1, 0.15) is 5.82 Å². The van der Waals surface area contributed by atoms with Crippen LogP contribution in [0.5, 0.6) is 0 Å². The summed E-state index contributed by atoms with van der Waals surface area (Å²) < 4.78 is 53.7. The van der Waals surface area contributed by atoms with Crippen molar-refractivity contribution in [2.45, 2.75) is 18.0 Å². The van der Waals surface area contributed by atoms with Gasteiger partial charge in [0.2, 0.25) is 5.91 Å². The number of benzene rings is 3. The van der Waals surface area contributed by atoms with Gasteiger partial charge in [-0.3, -0.25) is 9.59 Å². The molecule has 0 saturated carbocycles. The summed E-state index contributed by atoms with van der Waals surface area (Å²) in [6.45, 7) is 1.88. The average Bonchev–Trinajstić information content (AvgIpc) is 2.74. The minimum absolute atomic E-state index is 0.0643. The van der Waals surface area contributed by atoms with Gasteiger partial charge in [0, 0.05) is 16.1 Å². The molecule has 166 valence electrons. The molecule has 0 radical (unpaired) electrons. The highest BCUT2D eigenvalue weighted by Gasteiger charge is 2.34. The fraction of sp³-hybridized carbons (Fsp3) is 0.130. The van der Waals surface area contributed by atoms with E-state index in [4.69, 9.17) is 0 Å². The number of aryl methyl sites for hydroxylation is 1. The third kappa shape index (κ3) is 6.10. The van der Waals surface area contributed by atoms with Crippen LogP contribution in [0.1, 0.15) is 21.5 Å². The SMILES string of the molecule is Cc1ccccc1SCC(=O)Nc1ccc(NC(=O)c2ccc(F)cc2)cc1C(F)(F)F. The van der Waals surface area contributed by atoms with Crippen molar-refractivity contribution in [2.75, 3.05) is 16.4 Å². The summed E-state index contributed by atoms with van der Waals surface area (Å²) in [6.07, 6.45) is -4.76. The van der Waals surface area contributed by atoms with E-state index in [9.17, 15) is 27.2 Å². The topological polar surface area (TPSA) is 58.2 Å². The lowest BCUT2D eigenvalue weighted by Gasteiger charge is -2.16. The highest BCUT2D eigenvalue weighted by Crippen LogP contribution is 2.37. The molecule has 3 aromatic rings. The van der Waals surface area contributed by atoms with E-state index in [0.29, 0.717) is 0 Å². The van der Waals surface area contributed by atoms with Crippen molar-refractivity contribution in [3.63, 3.8) is 0 Å². The molecule has 0 aromatic heterocycles. The number of hydrogen-bond donors (Lipinski definition) is 2. The number of carbonyl (C=O) groups is 2. The molecule has 32 heavy (non-hydrogen) atoms. The highest BCUT2D eigenvalue weighted by molar-refractivity contribution is 8.00. The first-order chi connectivity index (χ1) is 15.1. The largest absolute Gasteiger partial charge is 0.418 e. The van der Waals surface area contributed by atoms with Gasteiger partial charge in [-0.2, -0.15) is 13.2 Å². The number of rotatable bonds is 6. The molecule has 2 amide bonds. The van der Waals surface area contributed by atoms with Gasteiger partial charge in [-0.15, -0.1) is 11.8 Å². The Labute approximate surface area is 186 Å². The Balaban J connectivity index is 1.73. The van der Waals surface area contributed by atoms with E-state index in [1.807, 2.05) is 31.2 Å². The maximum absolute atomic E-state index is 13.6. The molecule has 0 fully saturated rings. The summed E-state index contributed by atoms with van der Waals surface area (Å²) in [6, 6.07) is 15.0. The zero-order chi connectivity index (χ0) is 23.3. The first kappa shape index (κ1) is 23.3. The number of carbonyl (C=O) groups excluding carboxylic acids is 2. The van der Waals surface area contributed by atoms with Gasteiger partial charge < -0.3 is 10.6 Å². The summed E-state index contributed by atoms with van der Waals surface area (Å²) in [4.78, 5) is 25.3. The molecule has 0 aliphatic carbocycles. The predicted octanol–water partition coefficient (Wildman–Crippen LogP) is 6.14. The number of nitrogens with one attached hydrogen (secondary N) is 2. The van der Waals surface area contributed by atoms with Crippen LogP contribution in [0.4, 0.5) is 28.9 Å². The van der Waals surface area contributed by atoms with E-state index in [1.165, 1.54) is 30.0 Å². The van der Waals surface area contributed by atoms with Crippen LogP contribution in [-0.2, 0) is 11.0 Å². The maximum atomic E-state index is 13.6. The lowest BCUT2D eigenvalue weighted by atomic mass is 10.1. The Kier molecular flexibility index (Phi) is 7.19. The Morgan fingerprint density at radius 3 is 2.28 bits per heavy atom. The first-order valence-corrected chi connectivity index (χ1v) is 10.4. The van der Waals surface area contributed by atoms with E-state index >= 15 is 0 Å². The van der Waals surface area contributed by atoms with Crippen molar-refractivity contribution < 1.29 is 27.2 Å². The number of anilines is 2. The number of hydrogen-bond acceptors (Lipinski definition) is 3. The molecule has 0 saturated heterocycles. The molecular weight excluding hydrogens is 444 g/mol. The number of amides is 2. The Morgan fingerprint density at radius 2 is 1.62 bits per heavy atom. The van der Waals surface area contributed by atoms with Gasteiger partial charge in [-0.1, -0.05) is 18.2 Å². The van der Waals surface area contributed by atoms with Gasteiger partial charge in [-0.05, 0) is 61.0 Å².